The molecule has 3 nitrogen and oxygen atoms in total. The van der Waals surface area contributed by atoms with Gasteiger partial charge in [-0.15, -0.1) is 0 Å². The van der Waals surface area contributed by atoms with Crippen LogP contribution in [-0.4, -0.2) is 19.3 Å². The lowest BCUT2D eigenvalue weighted by Gasteiger charge is -2.29. The maximum atomic E-state index is 15.2. The molecule has 0 saturated carbocycles. The molecule has 172 valence electrons. The summed E-state index contributed by atoms with van der Waals surface area (Å²) in [6, 6.07) is 4.97. The predicted molar refractivity (Wildman–Crippen MR) is 117 cm³/mol. The molecule has 0 N–H and O–H groups in total. The Balaban J connectivity index is 1.47. The van der Waals surface area contributed by atoms with E-state index in [0.717, 1.165) is 32.1 Å². The molecule has 2 unspecified atom stereocenters. The van der Waals surface area contributed by atoms with Gasteiger partial charge in [-0.1, -0.05) is 38.1 Å². The minimum atomic E-state index is -1.17. The zero-order valence-corrected chi connectivity index (χ0v) is 18.4. The standard InChI is InChI=1S/C26H29F3O3/c1-3-5-20-11-7-16(15-31-20)6-8-17-9-10-18-13-19-14-21(30-12-4-2)23(28)24(29)26(19)32-25(18)22(17)27/h4,9-10,14,16,20H,2-3,5-8,11-13,15H2,1H3. The highest BCUT2D eigenvalue weighted by Crippen LogP contribution is 2.43. The van der Waals surface area contributed by atoms with Gasteiger partial charge in [-0.05, 0) is 49.7 Å². The van der Waals surface area contributed by atoms with Crippen LogP contribution in [0.4, 0.5) is 13.2 Å². The zero-order chi connectivity index (χ0) is 22.7. The van der Waals surface area contributed by atoms with Crippen molar-refractivity contribution in [1.82, 2.24) is 0 Å². The van der Waals surface area contributed by atoms with E-state index in [4.69, 9.17) is 14.2 Å². The van der Waals surface area contributed by atoms with Crippen LogP contribution in [-0.2, 0) is 17.6 Å². The fraction of sp³-hybridized carbons (Fsp3) is 0.462. The molecule has 0 aromatic heterocycles. The van der Waals surface area contributed by atoms with Crippen molar-refractivity contribution >= 4 is 0 Å². The van der Waals surface area contributed by atoms with Gasteiger partial charge < -0.3 is 14.2 Å². The molecule has 0 aliphatic carbocycles. The highest BCUT2D eigenvalue weighted by molar-refractivity contribution is 5.54. The molecule has 4 rings (SSSR count). The van der Waals surface area contributed by atoms with Gasteiger partial charge in [0.05, 0.1) is 6.10 Å². The molecule has 0 amide bonds. The van der Waals surface area contributed by atoms with E-state index in [1.165, 1.54) is 12.1 Å². The van der Waals surface area contributed by atoms with E-state index < -0.39 is 17.5 Å². The van der Waals surface area contributed by atoms with Gasteiger partial charge in [0.25, 0.3) is 0 Å². The third-order valence-corrected chi connectivity index (χ3v) is 6.30. The number of rotatable bonds is 8. The Morgan fingerprint density at radius 2 is 1.88 bits per heavy atom. The number of aryl methyl sites for hydroxylation is 1. The van der Waals surface area contributed by atoms with Crippen molar-refractivity contribution in [1.29, 1.82) is 0 Å². The average Bonchev–Trinajstić information content (AvgIpc) is 2.80. The minimum Gasteiger partial charge on any atom is -0.486 e. The number of ether oxygens (including phenoxy) is 3. The van der Waals surface area contributed by atoms with Crippen molar-refractivity contribution in [2.45, 2.75) is 58.0 Å². The van der Waals surface area contributed by atoms with Crippen LogP contribution in [0.3, 0.4) is 0 Å². The van der Waals surface area contributed by atoms with E-state index in [2.05, 4.69) is 13.5 Å². The summed E-state index contributed by atoms with van der Waals surface area (Å²) in [6.07, 6.45) is 7.74. The quantitative estimate of drug-likeness (QED) is 0.353. The smallest absolute Gasteiger partial charge is 0.205 e. The Morgan fingerprint density at radius 3 is 2.59 bits per heavy atom. The van der Waals surface area contributed by atoms with Crippen LogP contribution in [0.25, 0.3) is 0 Å². The second kappa shape index (κ2) is 9.99. The Hall–Kier alpha value is -2.47. The molecule has 6 heteroatoms. The molecule has 2 aliphatic rings. The molecule has 0 radical (unpaired) electrons. The normalized spacial score (nSPS) is 19.6. The van der Waals surface area contributed by atoms with Gasteiger partial charge in [-0.3, -0.25) is 0 Å². The van der Waals surface area contributed by atoms with Crippen LogP contribution in [0.15, 0.2) is 30.9 Å². The topological polar surface area (TPSA) is 27.7 Å². The lowest BCUT2D eigenvalue weighted by atomic mass is 9.90. The number of fused-ring (bicyclic) bond motifs is 2. The fourth-order valence-corrected chi connectivity index (χ4v) is 4.52. The summed E-state index contributed by atoms with van der Waals surface area (Å²) < 4.78 is 60.9. The summed E-state index contributed by atoms with van der Waals surface area (Å²) in [6.45, 7) is 6.42. The molecular weight excluding hydrogens is 417 g/mol. The van der Waals surface area contributed by atoms with Gasteiger partial charge in [0.1, 0.15) is 6.61 Å². The second-order valence-corrected chi connectivity index (χ2v) is 8.62. The molecular formula is C26H29F3O3. The largest absolute Gasteiger partial charge is 0.486 e. The lowest BCUT2D eigenvalue weighted by Crippen LogP contribution is -2.26. The molecule has 0 bridgehead atoms. The van der Waals surface area contributed by atoms with Gasteiger partial charge >= 0.3 is 0 Å². The van der Waals surface area contributed by atoms with E-state index in [1.807, 2.05) is 0 Å². The summed E-state index contributed by atoms with van der Waals surface area (Å²) in [5.74, 6) is -2.92. The minimum absolute atomic E-state index is 0.0176. The second-order valence-electron chi connectivity index (χ2n) is 8.62. The van der Waals surface area contributed by atoms with Crippen molar-refractivity contribution in [2.24, 2.45) is 5.92 Å². The van der Waals surface area contributed by atoms with E-state index in [1.54, 1.807) is 12.1 Å². The Kier molecular flexibility index (Phi) is 7.09. The highest BCUT2D eigenvalue weighted by atomic mass is 19.2. The molecule has 32 heavy (non-hydrogen) atoms. The molecule has 1 fully saturated rings. The molecule has 2 heterocycles. The average molecular weight is 447 g/mol. The monoisotopic (exact) mass is 446 g/mol. The van der Waals surface area contributed by atoms with Gasteiger partial charge in [0.2, 0.25) is 11.6 Å². The van der Waals surface area contributed by atoms with E-state index in [9.17, 15) is 8.78 Å². The van der Waals surface area contributed by atoms with Crippen LogP contribution in [0.1, 0.15) is 55.7 Å². The van der Waals surface area contributed by atoms with Gasteiger partial charge in [-0.2, -0.15) is 8.78 Å². The number of halogens is 3. The van der Waals surface area contributed by atoms with Crippen LogP contribution in [0, 0.1) is 23.4 Å². The summed E-state index contributed by atoms with van der Waals surface area (Å²) in [4.78, 5) is 0. The first kappa shape index (κ1) is 22.7. The van der Waals surface area contributed by atoms with Gasteiger partial charge in [-0.25, -0.2) is 4.39 Å². The van der Waals surface area contributed by atoms with Gasteiger partial charge in [0.15, 0.2) is 23.1 Å². The molecule has 2 atom stereocenters. The Labute approximate surface area is 187 Å². The first-order chi connectivity index (χ1) is 15.5. The lowest BCUT2D eigenvalue weighted by molar-refractivity contribution is -0.0218. The van der Waals surface area contributed by atoms with Gasteiger partial charge in [0, 0.05) is 24.2 Å². The highest BCUT2D eigenvalue weighted by Gasteiger charge is 2.29. The summed E-state index contributed by atoms with van der Waals surface area (Å²) >= 11 is 0. The zero-order valence-electron chi connectivity index (χ0n) is 18.4. The third-order valence-electron chi connectivity index (χ3n) is 6.30. The first-order valence-electron chi connectivity index (χ1n) is 11.4. The summed E-state index contributed by atoms with van der Waals surface area (Å²) in [5, 5.41) is 0. The number of hydrogen-bond donors (Lipinski definition) is 0. The summed E-state index contributed by atoms with van der Waals surface area (Å²) in [5.41, 5.74) is 1.54. The van der Waals surface area contributed by atoms with Crippen LogP contribution in [0.2, 0.25) is 0 Å². The third kappa shape index (κ3) is 4.65. The van der Waals surface area contributed by atoms with Crippen molar-refractivity contribution < 1.29 is 27.4 Å². The van der Waals surface area contributed by atoms with E-state index >= 15 is 4.39 Å². The van der Waals surface area contributed by atoms with Crippen molar-refractivity contribution in [2.75, 3.05) is 13.2 Å². The predicted octanol–water partition coefficient (Wildman–Crippen LogP) is 6.89. The Bertz CT molecular complexity index is 981. The van der Waals surface area contributed by atoms with Crippen molar-refractivity contribution in [3.8, 4) is 17.2 Å². The Morgan fingerprint density at radius 1 is 1.06 bits per heavy atom. The number of benzene rings is 2. The fourth-order valence-electron chi connectivity index (χ4n) is 4.52. The SMILES string of the molecule is C=CCOc1cc2c(c(F)c1F)Oc1c(ccc(CCC3CCC(CCC)OC3)c1F)C2. The van der Waals surface area contributed by atoms with Crippen molar-refractivity contribution in [3.63, 3.8) is 0 Å². The maximum Gasteiger partial charge on any atom is 0.205 e. The molecule has 1 saturated heterocycles. The van der Waals surface area contributed by atoms with Crippen LogP contribution < -0.4 is 9.47 Å². The maximum absolute atomic E-state index is 15.2. The van der Waals surface area contributed by atoms with E-state index in [0.29, 0.717) is 41.7 Å². The van der Waals surface area contributed by atoms with Crippen LogP contribution in [0.5, 0.6) is 17.2 Å². The van der Waals surface area contributed by atoms with E-state index in [-0.39, 0.29) is 30.3 Å². The molecule has 0 spiro atoms. The number of hydrogen-bond acceptors (Lipinski definition) is 3. The van der Waals surface area contributed by atoms with Crippen molar-refractivity contribution in [3.05, 3.63) is 65.0 Å². The molecule has 2 aromatic rings. The summed E-state index contributed by atoms with van der Waals surface area (Å²) in [7, 11) is 0. The molecule has 2 aromatic carbocycles. The van der Waals surface area contributed by atoms with Crippen LogP contribution >= 0.6 is 0 Å². The first-order valence-corrected chi connectivity index (χ1v) is 11.4. The molecule has 2 aliphatic heterocycles.